The van der Waals surface area contributed by atoms with Crippen molar-refractivity contribution in [2.24, 2.45) is 0 Å². The Balaban J connectivity index is 1.70. The highest BCUT2D eigenvalue weighted by molar-refractivity contribution is 7.11. The van der Waals surface area contributed by atoms with Crippen LogP contribution in [-0.2, 0) is 17.8 Å². The molecule has 122 valence electrons. The fourth-order valence-corrected chi connectivity index (χ4v) is 3.02. The van der Waals surface area contributed by atoms with Crippen LogP contribution in [-0.4, -0.2) is 12.6 Å². The van der Waals surface area contributed by atoms with Gasteiger partial charge in [0.1, 0.15) is 6.61 Å². The minimum absolute atomic E-state index is 0.294. The van der Waals surface area contributed by atoms with E-state index in [0.29, 0.717) is 13.2 Å². The highest BCUT2D eigenvalue weighted by Gasteiger charge is 2.02. The number of hydrogen-bond donors (Lipinski definition) is 1. The van der Waals surface area contributed by atoms with Crippen molar-refractivity contribution in [2.75, 3.05) is 6.54 Å². The molecule has 4 heteroatoms. The fraction of sp³-hybridized carbons (Fsp3) is 0.316. The van der Waals surface area contributed by atoms with Crippen molar-refractivity contribution in [3.63, 3.8) is 0 Å². The van der Waals surface area contributed by atoms with Gasteiger partial charge in [0.2, 0.25) is 0 Å². The van der Waals surface area contributed by atoms with Crippen LogP contribution in [0.25, 0.3) is 6.08 Å². The lowest BCUT2D eigenvalue weighted by molar-refractivity contribution is 0.141. The standard InChI is InChI=1S/C19H23NO2S/c1-2-3-10-17-12-14-23-18(17)11-7-13-20-19(21)22-15-16-8-5-4-6-9-16/h4-9,11-12,14H,2-3,10,13,15H2,1H3,(H,20,21). The molecule has 23 heavy (non-hydrogen) atoms. The zero-order valence-corrected chi connectivity index (χ0v) is 14.3. The van der Waals surface area contributed by atoms with Crippen LogP contribution in [0, 0.1) is 0 Å². The van der Waals surface area contributed by atoms with Crippen molar-refractivity contribution in [3.8, 4) is 0 Å². The van der Waals surface area contributed by atoms with E-state index < -0.39 is 6.09 Å². The van der Waals surface area contributed by atoms with E-state index in [4.69, 9.17) is 4.74 Å². The Morgan fingerprint density at radius 1 is 1.26 bits per heavy atom. The van der Waals surface area contributed by atoms with Crippen molar-refractivity contribution >= 4 is 23.5 Å². The number of unbranched alkanes of at least 4 members (excludes halogenated alkanes) is 1. The Bertz CT molecular complexity index is 619. The maximum absolute atomic E-state index is 11.6. The van der Waals surface area contributed by atoms with Gasteiger partial charge in [0.15, 0.2) is 0 Å². The van der Waals surface area contributed by atoms with E-state index >= 15 is 0 Å². The van der Waals surface area contributed by atoms with Crippen LogP contribution < -0.4 is 5.32 Å². The number of hydrogen-bond acceptors (Lipinski definition) is 3. The zero-order valence-electron chi connectivity index (χ0n) is 13.5. The van der Waals surface area contributed by atoms with Crippen LogP contribution in [0.5, 0.6) is 0 Å². The first-order valence-corrected chi connectivity index (χ1v) is 8.85. The minimum atomic E-state index is -0.393. The maximum Gasteiger partial charge on any atom is 0.407 e. The van der Waals surface area contributed by atoms with Crippen molar-refractivity contribution < 1.29 is 9.53 Å². The molecule has 0 spiro atoms. The lowest BCUT2D eigenvalue weighted by Gasteiger charge is -2.05. The summed E-state index contributed by atoms with van der Waals surface area (Å²) >= 11 is 1.74. The quantitative estimate of drug-likeness (QED) is 0.737. The van der Waals surface area contributed by atoms with E-state index in [1.165, 1.54) is 23.3 Å². The van der Waals surface area contributed by atoms with Crippen LogP contribution in [0.1, 0.15) is 35.8 Å². The largest absolute Gasteiger partial charge is 0.445 e. The molecule has 0 bridgehead atoms. The normalized spacial score (nSPS) is 10.8. The smallest absolute Gasteiger partial charge is 0.407 e. The predicted octanol–water partition coefficient (Wildman–Crippen LogP) is 5.03. The van der Waals surface area contributed by atoms with Gasteiger partial charge in [-0.1, -0.05) is 49.8 Å². The SMILES string of the molecule is CCCCc1ccsc1C=CCNC(=O)OCc1ccccc1. The summed E-state index contributed by atoms with van der Waals surface area (Å²) < 4.78 is 5.16. The summed E-state index contributed by atoms with van der Waals surface area (Å²) in [5.74, 6) is 0. The molecule has 0 fully saturated rings. The highest BCUT2D eigenvalue weighted by atomic mass is 32.1. The molecular weight excluding hydrogens is 306 g/mol. The average Bonchev–Trinajstić information content (AvgIpc) is 3.03. The van der Waals surface area contributed by atoms with Gasteiger partial charge in [-0.15, -0.1) is 11.3 Å². The van der Waals surface area contributed by atoms with Crippen molar-refractivity contribution in [2.45, 2.75) is 32.8 Å². The molecule has 2 rings (SSSR count). The van der Waals surface area contributed by atoms with Gasteiger partial charge in [-0.25, -0.2) is 4.79 Å². The number of carbonyl (C=O) groups is 1. The third-order valence-electron chi connectivity index (χ3n) is 3.43. The second kappa shape index (κ2) is 9.85. The first kappa shape index (κ1) is 17.3. The molecule has 1 aromatic heterocycles. The number of amides is 1. The molecule has 2 aromatic rings. The Morgan fingerprint density at radius 2 is 2.09 bits per heavy atom. The molecule has 3 nitrogen and oxygen atoms in total. The number of rotatable bonds is 8. The van der Waals surface area contributed by atoms with E-state index in [2.05, 4.69) is 29.8 Å². The van der Waals surface area contributed by atoms with Crippen LogP contribution in [0.3, 0.4) is 0 Å². The molecule has 0 saturated heterocycles. The van der Waals surface area contributed by atoms with E-state index in [9.17, 15) is 4.79 Å². The Morgan fingerprint density at radius 3 is 2.87 bits per heavy atom. The Labute approximate surface area is 142 Å². The lowest BCUT2D eigenvalue weighted by atomic mass is 10.1. The van der Waals surface area contributed by atoms with E-state index in [0.717, 1.165) is 12.0 Å². The summed E-state index contributed by atoms with van der Waals surface area (Å²) in [6.07, 6.45) is 7.18. The number of nitrogens with one attached hydrogen (secondary N) is 1. The second-order valence-electron chi connectivity index (χ2n) is 5.26. The van der Waals surface area contributed by atoms with E-state index in [1.807, 2.05) is 36.4 Å². The van der Waals surface area contributed by atoms with Crippen molar-refractivity contribution in [3.05, 3.63) is 63.9 Å². The molecule has 0 aliphatic rings. The number of thiophene rings is 1. The number of ether oxygens (including phenoxy) is 1. The van der Waals surface area contributed by atoms with Gasteiger partial charge in [-0.05, 0) is 41.5 Å². The maximum atomic E-state index is 11.6. The number of aryl methyl sites for hydroxylation is 1. The van der Waals surface area contributed by atoms with Crippen LogP contribution in [0.15, 0.2) is 47.9 Å². The summed E-state index contributed by atoms with van der Waals surface area (Å²) in [6.45, 7) is 2.97. The van der Waals surface area contributed by atoms with Gasteiger partial charge in [-0.2, -0.15) is 0 Å². The fourth-order valence-electron chi connectivity index (χ4n) is 2.15. The minimum Gasteiger partial charge on any atom is -0.445 e. The van der Waals surface area contributed by atoms with Gasteiger partial charge in [-0.3, -0.25) is 0 Å². The zero-order chi connectivity index (χ0) is 16.3. The number of benzene rings is 1. The molecule has 0 unspecified atom stereocenters. The molecule has 1 N–H and O–H groups in total. The number of alkyl carbamates (subject to hydrolysis) is 1. The first-order valence-electron chi connectivity index (χ1n) is 7.97. The molecular formula is C19H23NO2S. The molecule has 0 aliphatic carbocycles. The number of carbonyl (C=O) groups excluding carboxylic acids is 1. The van der Waals surface area contributed by atoms with Crippen LogP contribution in [0.2, 0.25) is 0 Å². The van der Waals surface area contributed by atoms with Gasteiger partial charge in [0.05, 0.1) is 0 Å². The van der Waals surface area contributed by atoms with Crippen molar-refractivity contribution in [1.82, 2.24) is 5.32 Å². The van der Waals surface area contributed by atoms with Gasteiger partial charge in [0.25, 0.3) is 0 Å². The summed E-state index contributed by atoms with van der Waals surface area (Å²) in [7, 11) is 0. The lowest BCUT2D eigenvalue weighted by Crippen LogP contribution is -2.24. The molecule has 0 saturated carbocycles. The van der Waals surface area contributed by atoms with E-state index in [1.54, 1.807) is 11.3 Å². The molecule has 0 atom stereocenters. The third-order valence-corrected chi connectivity index (χ3v) is 4.35. The van der Waals surface area contributed by atoms with Gasteiger partial charge < -0.3 is 10.1 Å². The topological polar surface area (TPSA) is 38.3 Å². The van der Waals surface area contributed by atoms with Crippen molar-refractivity contribution in [1.29, 1.82) is 0 Å². The molecule has 1 amide bonds. The molecule has 1 aromatic carbocycles. The van der Waals surface area contributed by atoms with Crippen LogP contribution >= 0.6 is 11.3 Å². The Kier molecular flexibility index (Phi) is 7.40. The molecule has 0 radical (unpaired) electrons. The summed E-state index contributed by atoms with van der Waals surface area (Å²) in [5.41, 5.74) is 2.37. The first-order chi connectivity index (χ1) is 11.3. The van der Waals surface area contributed by atoms with Gasteiger partial charge >= 0.3 is 6.09 Å². The summed E-state index contributed by atoms with van der Waals surface area (Å²) in [6, 6.07) is 11.8. The third kappa shape index (κ3) is 6.28. The second-order valence-corrected chi connectivity index (χ2v) is 6.21. The highest BCUT2D eigenvalue weighted by Crippen LogP contribution is 2.20. The average molecular weight is 329 g/mol. The van der Waals surface area contributed by atoms with E-state index in [-0.39, 0.29) is 0 Å². The van der Waals surface area contributed by atoms with Crippen LogP contribution in [0.4, 0.5) is 4.79 Å². The summed E-state index contributed by atoms with van der Waals surface area (Å²) in [5, 5.41) is 4.85. The monoisotopic (exact) mass is 329 g/mol. The summed E-state index contributed by atoms with van der Waals surface area (Å²) in [4.78, 5) is 12.9. The Hall–Kier alpha value is -2.07. The van der Waals surface area contributed by atoms with Gasteiger partial charge in [0, 0.05) is 11.4 Å². The predicted molar refractivity (Wildman–Crippen MR) is 96.6 cm³/mol. The molecule has 0 aliphatic heterocycles. The molecule has 1 heterocycles.